The minimum absolute atomic E-state index is 0.724. The van der Waals surface area contributed by atoms with Gasteiger partial charge in [-0.3, -0.25) is 0 Å². The van der Waals surface area contributed by atoms with E-state index in [1.54, 1.807) is 6.07 Å². The van der Waals surface area contributed by atoms with Gasteiger partial charge in [0, 0.05) is 11.6 Å². The van der Waals surface area contributed by atoms with Crippen LogP contribution in [-0.2, 0) is 6.42 Å². The highest BCUT2D eigenvalue weighted by atomic mass is 35.5. The molecule has 1 aromatic rings. The fraction of sp³-hybridized carbons (Fsp3) is 0.333. The second kappa shape index (κ2) is 3.15. The van der Waals surface area contributed by atoms with E-state index in [4.69, 9.17) is 23.2 Å². The lowest BCUT2D eigenvalue weighted by Gasteiger charge is -2.19. The molecule has 0 bridgehead atoms. The summed E-state index contributed by atoms with van der Waals surface area (Å²) in [4.78, 5) is 0. The van der Waals surface area contributed by atoms with Crippen LogP contribution in [0, 0.1) is 0 Å². The van der Waals surface area contributed by atoms with Crippen LogP contribution in [0.15, 0.2) is 12.1 Å². The summed E-state index contributed by atoms with van der Waals surface area (Å²) < 4.78 is 0. The van der Waals surface area contributed by atoms with Crippen LogP contribution in [-0.4, -0.2) is 6.54 Å². The topological polar surface area (TPSA) is 12.0 Å². The van der Waals surface area contributed by atoms with Gasteiger partial charge in [-0.25, -0.2) is 0 Å². The molecule has 0 fully saturated rings. The third-order valence-corrected chi connectivity index (χ3v) is 2.58. The maximum absolute atomic E-state index is 6.00. The zero-order valence-corrected chi connectivity index (χ0v) is 8.04. The zero-order chi connectivity index (χ0) is 8.55. The molecule has 2 rings (SSSR count). The molecule has 3 heteroatoms. The quantitative estimate of drug-likeness (QED) is 0.680. The molecule has 0 radical (unpaired) electrons. The van der Waals surface area contributed by atoms with Gasteiger partial charge in [-0.1, -0.05) is 23.2 Å². The first-order chi connectivity index (χ1) is 5.77. The predicted octanol–water partition coefficient (Wildman–Crippen LogP) is 3.35. The van der Waals surface area contributed by atoms with E-state index in [0.29, 0.717) is 0 Å². The number of hydrogen-bond acceptors (Lipinski definition) is 1. The van der Waals surface area contributed by atoms with E-state index in [9.17, 15) is 0 Å². The van der Waals surface area contributed by atoms with Gasteiger partial charge in [-0.05, 0) is 30.5 Å². The normalized spacial score (nSPS) is 15.2. The van der Waals surface area contributed by atoms with E-state index in [1.807, 2.05) is 6.07 Å². The summed E-state index contributed by atoms with van der Waals surface area (Å²) in [7, 11) is 0. The molecule has 0 unspecified atom stereocenters. The van der Waals surface area contributed by atoms with Gasteiger partial charge in [0.1, 0.15) is 0 Å². The molecular formula is C9H9Cl2N. The lowest BCUT2D eigenvalue weighted by Crippen LogP contribution is -2.11. The predicted molar refractivity (Wildman–Crippen MR) is 53.3 cm³/mol. The molecule has 1 N–H and O–H groups in total. The van der Waals surface area contributed by atoms with Crippen LogP contribution in [0.2, 0.25) is 10.0 Å². The van der Waals surface area contributed by atoms with Gasteiger partial charge < -0.3 is 5.32 Å². The van der Waals surface area contributed by atoms with E-state index >= 15 is 0 Å². The average Bonchev–Trinajstić information content (AvgIpc) is 2.04. The number of nitrogens with one attached hydrogen (secondary N) is 1. The maximum atomic E-state index is 6.00. The van der Waals surface area contributed by atoms with Crippen LogP contribution in [0.25, 0.3) is 0 Å². The Morgan fingerprint density at radius 3 is 2.92 bits per heavy atom. The number of benzene rings is 1. The van der Waals surface area contributed by atoms with E-state index in [2.05, 4.69) is 5.32 Å². The molecule has 0 saturated heterocycles. The van der Waals surface area contributed by atoms with Crippen molar-refractivity contribution >= 4 is 28.9 Å². The van der Waals surface area contributed by atoms with Crippen molar-refractivity contribution in [2.45, 2.75) is 12.8 Å². The molecular weight excluding hydrogens is 193 g/mol. The molecule has 0 aromatic heterocycles. The van der Waals surface area contributed by atoms with Crippen LogP contribution < -0.4 is 5.32 Å². The summed E-state index contributed by atoms with van der Waals surface area (Å²) in [5, 5.41) is 4.73. The largest absolute Gasteiger partial charge is 0.384 e. The van der Waals surface area contributed by atoms with Gasteiger partial charge in [0.05, 0.1) is 10.7 Å². The summed E-state index contributed by atoms with van der Waals surface area (Å²) in [6.45, 7) is 1.01. The van der Waals surface area contributed by atoms with Crippen molar-refractivity contribution in [3.8, 4) is 0 Å². The maximum Gasteiger partial charge on any atom is 0.0655 e. The Labute approximate surface area is 81.7 Å². The van der Waals surface area contributed by atoms with Crippen molar-refractivity contribution in [3.63, 3.8) is 0 Å². The Morgan fingerprint density at radius 2 is 2.08 bits per heavy atom. The summed E-state index contributed by atoms with van der Waals surface area (Å²) in [5.74, 6) is 0. The standard InChI is InChI=1S/C9H9Cl2N/c10-7-4-6-2-1-3-12-9(6)8(11)5-7/h4-5,12H,1-3H2. The van der Waals surface area contributed by atoms with E-state index in [-0.39, 0.29) is 0 Å². The van der Waals surface area contributed by atoms with Gasteiger partial charge >= 0.3 is 0 Å². The Balaban J connectivity index is 2.53. The highest BCUT2D eigenvalue weighted by Gasteiger charge is 2.12. The molecule has 1 aliphatic heterocycles. The fourth-order valence-corrected chi connectivity index (χ4v) is 2.12. The summed E-state index contributed by atoms with van der Waals surface area (Å²) in [5.41, 5.74) is 2.30. The molecule has 0 amide bonds. The molecule has 1 heterocycles. The molecule has 1 nitrogen and oxygen atoms in total. The van der Waals surface area contributed by atoms with E-state index < -0.39 is 0 Å². The zero-order valence-electron chi connectivity index (χ0n) is 6.53. The Bertz CT molecular complexity index is 310. The van der Waals surface area contributed by atoms with Crippen LogP contribution in [0.3, 0.4) is 0 Å². The van der Waals surface area contributed by atoms with Gasteiger partial charge in [0.25, 0.3) is 0 Å². The third-order valence-electron chi connectivity index (χ3n) is 2.06. The number of anilines is 1. The molecule has 1 aliphatic rings. The minimum Gasteiger partial charge on any atom is -0.384 e. The highest BCUT2D eigenvalue weighted by molar-refractivity contribution is 6.36. The van der Waals surface area contributed by atoms with Crippen molar-refractivity contribution in [2.75, 3.05) is 11.9 Å². The van der Waals surface area contributed by atoms with Gasteiger partial charge in [0.15, 0.2) is 0 Å². The van der Waals surface area contributed by atoms with E-state index in [1.165, 1.54) is 5.56 Å². The van der Waals surface area contributed by atoms with Crippen molar-refractivity contribution in [2.24, 2.45) is 0 Å². The van der Waals surface area contributed by atoms with Crippen LogP contribution in [0.5, 0.6) is 0 Å². The number of rotatable bonds is 0. The highest BCUT2D eigenvalue weighted by Crippen LogP contribution is 2.32. The molecule has 64 valence electrons. The molecule has 12 heavy (non-hydrogen) atoms. The number of halogens is 2. The van der Waals surface area contributed by atoms with Crippen LogP contribution >= 0.6 is 23.2 Å². The van der Waals surface area contributed by atoms with Gasteiger partial charge in [0.2, 0.25) is 0 Å². The van der Waals surface area contributed by atoms with Crippen molar-refractivity contribution in [1.82, 2.24) is 0 Å². The third kappa shape index (κ3) is 1.39. The van der Waals surface area contributed by atoms with Gasteiger partial charge in [-0.15, -0.1) is 0 Å². The second-order valence-electron chi connectivity index (χ2n) is 2.95. The SMILES string of the molecule is Clc1cc(Cl)c2c(c1)CCCN2. The fourth-order valence-electron chi connectivity index (χ4n) is 1.51. The Morgan fingerprint density at radius 1 is 1.25 bits per heavy atom. The minimum atomic E-state index is 0.724. The number of aryl methyl sites for hydroxylation is 1. The average molecular weight is 202 g/mol. The molecule has 1 aromatic carbocycles. The molecule has 0 saturated carbocycles. The first-order valence-corrected chi connectivity index (χ1v) is 4.75. The second-order valence-corrected chi connectivity index (χ2v) is 3.80. The molecule has 0 aliphatic carbocycles. The first-order valence-electron chi connectivity index (χ1n) is 3.99. The summed E-state index contributed by atoms with van der Waals surface area (Å²) in [6.07, 6.45) is 2.23. The number of fused-ring (bicyclic) bond motifs is 1. The Hall–Kier alpha value is -0.400. The van der Waals surface area contributed by atoms with Crippen molar-refractivity contribution in [3.05, 3.63) is 27.7 Å². The van der Waals surface area contributed by atoms with E-state index in [0.717, 1.165) is 35.1 Å². The van der Waals surface area contributed by atoms with Gasteiger partial charge in [-0.2, -0.15) is 0 Å². The smallest absolute Gasteiger partial charge is 0.0655 e. The van der Waals surface area contributed by atoms with Crippen molar-refractivity contribution in [1.29, 1.82) is 0 Å². The Kier molecular flexibility index (Phi) is 2.16. The lowest BCUT2D eigenvalue weighted by molar-refractivity contribution is 0.830. The summed E-state index contributed by atoms with van der Waals surface area (Å²) >= 11 is 11.9. The lowest BCUT2D eigenvalue weighted by atomic mass is 10.0. The number of hydrogen-bond donors (Lipinski definition) is 1. The first kappa shape index (κ1) is 8.21. The van der Waals surface area contributed by atoms with Crippen LogP contribution in [0.1, 0.15) is 12.0 Å². The summed E-state index contributed by atoms with van der Waals surface area (Å²) in [6, 6.07) is 3.76. The monoisotopic (exact) mass is 201 g/mol. The van der Waals surface area contributed by atoms with Crippen molar-refractivity contribution < 1.29 is 0 Å². The molecule has 0 spiro atoms. The molecule has 0 atom stereocenters. The van der Waals surface area contributed by atoms with Crippen LogP contribution in [0.4, 0.5) is 5.69 Å².